The Balaban J connectivity index is 1.36. The van der Waals surface area contributed by atoms with E-state index in [9.17, 15) is 0 Å². The Morgan fingerprint density at radius 1 is 0.649 bits per heavy atom. The highest BCUT2D eigenvalue weighted by Gasteiger charge is 2.26. The molecule has 186 valence electrons. The van der Waals surface area contributed by atoms with Gasteiger partial charge in [0.2, 0.25) is 0 Å². The Morgan fingerprint density at radius 3 is 1.97 bits per heavy atom. The number of rotatable bonds is 6. The van der Waals surface area contributed by atoms with Crippen LogP contribution in [0.2, 0.25) is 10.0 Å². The van der Waals surface area contributed by atoms with E-state index in [4.69, 9.17) is 23.2 Å². The Hall–Kier alpha value is -3.04. The van der Waals surface area contributed by atoms with Crippen molar-refractivity contribution in [2.75, 3.05) is 13.1 Å². The zero-order chi connectivity index (χ0) is 25.2. The van der Waals surface area contributed by atoms with Gasteiger partial charge in [-0.15, -0.1) is 0 Å². The number of likely N-dealkylation sites (tertiary alicyclic amines) is 1. The lowest BCUT2D eigenvalue weighted by Crippen LogP contribution is -2.32. The van der Waals surface area contributed by atoms with Crippen LogP contribution in [0.5, 0.6) is 0 Å². The highest BCUT2D eigenvalue weighted by atomic mass is 35.5. The fraction of sp³-hybridized carbons (Fsp3) is 0.212. The first-order valence-corrected chi connectivity index (χ1v) is 13.8. The fourth-order valence-electron chi connectivity index (χ4n) is 5.90. The first-order chi connectivity index (χ1) is 18.2. The summed E-state index contributed by atoms with van der Waals surface area (Å²) in [4.78, 5) is 2.60. The SMILES string of the molecule is Clc1cccc(Cl)c1C1CCN(Cc2c(-c3ccccc3)n(Cc3ccccc3)c3ccccc23)CC1. The topological polar surface area (TPSA) is 8.17 Å². The lowest BCUT2D eigenvalue weighted by Gasteiger charge is -2.33. The molecule has 1 aliphatic heterocycles. The van der Waals surface area contributed by atoms with Gasteiger partial charge in [-0.1, -0.05) is 108 Å². The number of hydrogen-bond acceptors (Lipinski definition) is 1. The van der Waals surface area contributed by atoms with Gasteiger partial charge in [-0.2, -0.15) is 0 Å². The van der Waals surface area contributed by atoms with Crippen molar-refractivity contribution in [1.29, 1.82) is 0 Å². The van der Waals surface area contributed by atoms with E-state index in [1.165, 1.54) is 33.3 Å². The van der Waals surface area contributed by atoms with Crippen LogP contribution in [0, 0.1) is 0 Å². The molecule has 1 saturated heterocycles. The summed E-state index contributed by atoms with van der Waals surface area (Å²) in [6.07, 6.45) is 2.12. The molecule has 4 aromatic carbocycles. The van der Waals surface area contributed by atoms with Crippen LogP contribution in [0.1, 0.15) is 35.4 Å². The van der Waals surface area contributed by atoms with Crippen molar-refractivity contribution >= 4 is 34.1 Å². The minimum Gasteiger partial charge on any atom is -0.336 e. The molecule has 0 bridgehead atoms. The minimum absolute atomic E-state index is 0.408. The molecule has 5 aromatic rings. The molecule has 0 atom stereocenters. The van der Waals surface area contributed by atoms with Crippen molar-refractivity contribution in [1.82, 2.24) is 9.47 Å². The molecule has 2 heterocycles. The van der Waals surface area contributed by atoms with Gasteiger partial charge in [-0.3, -0.25) is 4.90 Å². The quantitative estimate of drug-likeness (QED) is 0.215. The molecule has 0 spiro atoms. The molecule has 0 saturated carbocycles. The molecule has 1 aromatic heterocycles. The number of halogens is 2. The van der Waals surface area contributed by atoms with Crippen LogP contribution in [-0.2, 0) is 13.1 Å². The summed E-state index contributed by atoms with van der Waals surface area (Å²) in [6, 6.07) is 36.3. The van der Waals surface area contributed by atoms with Crippen molar-refractivity contribution in [3.63, 3.8) is 0 Å². The molecule has 1 fully saturated rings. The minimum atomic E-state index is 0.408. The van der Waals surface area contributed by atoms with Crippen LogP contribution >= 0.6 is 23.2 Å². The van der Waals surface area contributed by atoms with Gasteiger partial charge in [0.1, 0.15) is 0 Å². The van der Waals surface area contributed by atoms with Gasteiger partial charge in [0.15, 0.2) is 0 Å². The van der Waals surface area contributed by atoms with Crippen molar-refractivity contribution in [3.05, 3.63) is 130 Å². The van der Waals surface area contributed by atoms with Crippen molar-refractivity contribution in [2.24, 2.45) is 0 Å². The van der Waals surface area contributed by atoms with E-state index >= 15 is 0 Å². The summed E-state index contributed by atoms with van der Waals surface area (Å²) in [5.74, 6) is 0.408. The number of piperidine rings is 1. The molecule has 6 rings (SSSR count). The molecular formula is C33H30Cl2N2. The molecule has 1 aliphatic rings. The second-order valence-electron chi connectivity index (χ2n) is 9.97. The van der Waals surface area contributed by atoms with Crippen LogP contribution in [0.15, 0.2) is 103 Å². The molecule has 0 amide bonds. The Labute approximate surface area is 229 Å². The summed E-state index contributed by atoms with van der Waals surface area (Å²) in [5, 5.41) is 2.93. The number of fused-ring (bicyclic) bond motifs is 1. The smallest absolute Gasteiger partial charge is 0.0540 e. The van der Waals surface area contributed by atoms with E-state index in [0.717, 1.165) is 54.6 Å². The number of para-hydroxylation sites is 1. The van der Waals surface area contributed by atoms with Crippen LogP contribution in [-0.4, -0.2) is 22.6 Å². The molecule has 2 nitrogen and oxygen atoms in total. The number of benzene rings is 4. The second kappa shape index (κ2) is 10.8. The molecular weight excluding hydrogens is 495 g/mol. The third-order valence-electron chi connectivity index (χ3n) is 7.68. The van der Waals surface area contributed by atoms with Crippen molar-refractivity contribution < 1.29 is 0 Å². The standard InChI is InChI=1S/C33H30Cl2N2/c34-29-15-9-16-30(35)32(29)25-18-20-36(21-19-25)23-28-27-14-7-8-17-31(27)37(22-24-10-3-1-4-11-24)33(28)26-12-5-2-6-13-26/h1-17,25H,18-23H2. The van der Waals surface area contributed by atoms with Crippen LogP contribution in [0.25, 0.3) is 22.2 Å². The Kier molecular flexibility index (Phi) is 7.06. The lowest BCUT2D eigenvalue weighted by molar-refractivity contribution is 0.205. The maximum Gasteiger partial charge on any atom is 0.0540 e. The zero-order valence-electron chi connectivity index (χ0n) is 20.8. The Bertz CT molecular complexity index is 1480. The average Bonchev–Trinajstić information content (AvgIpc) is 3.23. The van der Waals surface area contributed by atoms with E-state index in [1.54, 1.807) is 0 Å². The summed E-state index contributed by atoms with van der Waals surface area (Å²) in [5.41, 5.74) is 7.72. The van der Waals surface area contributed by atoms with Crippen LogP contribution in [0.3, 0.4) is 0 Å². The number of aromatic nitrogens is 1. The maximum absolute atomic E-state index is 6.55. The molecule has 4 heteroatoms. The fourth-order valence-corrected chi connectivity index (χ4v) is 6.60. The summed E-state index contributed by atoms with van der Waals surface area (Å²) in [7, 11) is 0. The van der Waals surface area contributed by atoms with E-state index in [-0.39, 0.29) is 0 Å². The highest BCUT2D eigenvalue weighted by molar-refractivity contribution is 6.36. The van der Waals surface area contributed by atoms with Crippen LogP contribution in [0.4, 0.5) is 0 Å². The predicted molar refractivity (Wildman–Crippen MR) is 157 cm³/mol. The van der Waals surface area contributed by atoms with Gasteiger partial charge in [-0.25, -0.2) is 0 Å². The molecule has 0 N–H and O–H groups in total. The van der Waals surface area contributed by atoms with E-state index < -0.39 is 0 Å². The largest absolute Gasteiger partial charge is 0.336 e. The maximum atomic E-state index is 6.55. The van der Waals surface area contributed by atoms with Crippen molar-refractivity contribution in [2.45, 2.75) is 31.8 Å². The van der Waals surface area contributed by atoms with E-state index in [0.29, 0.717) is 5.92 Å². The third kappa shape index (κ3) is 4.94. The molecule has 0 aliphatic carbocycles. The number of nitrogens with zero attached hydrogens (tertiary/aromatic N) is 2. The first-order valence-electron chi connectivity index (χ1n) is 13.0. The monoisotopic (exact) mass is 524 g/mol. The van der Waals surface area contributed by atoms with Gasteiger partial charge in [0, 0.05) is 34.0 Å². The third-order valence-corrected chi connectivity index (χ3v) is 8.34. The normalized spacial score (nSPS) is 14.9. The second-order valence-corrected chi connectivity index (χ2v) is 10.8. The van der Waals surface area contributed by atoms with Gasteiger partial charge in [0.25, 0.3) is 0 Å². The van der Waals surface area contributed by atoms with Gasteiger partial charge in [0.05, 0.1) is 5.69 Å². The predicted octanol–water partition coefficient (Wildman–Crippen LogP) is 9.04. The average molecular weight is 526 g/mol. The van der Waals surface area contributed by atoms with Crippen molar-refractivity contribution in [3.8, 4) is 11.3 Å². The van der Waals surface area contributed by atoms with E-state index in [1.807, 2.05) is 18.2 Å². The Morgan fingerprint density at radius 2 is 1.27 bits per heavy atom. The van der Waals surface area contributed by atoms with Gasteiger partial charge < -0.3 is 4.57 Å². The molecule has 37 heavy (non-hydrogen) atoms. The number of hydrogen-bond donors (Lipinski definition) is 0. The van der Waals surface area contributed by atoms with Gasteiger partial charge >= 0.3 is 0 Å². The summed E-state index contributed by atoms with van der Waals surface area (Å²) >= 11 is 13.1. The van der Waals surface area contributed by atoms with Gasteiger partial charge in [-0.05, 0) is 72.3 Å². The lowest BCUT2D eigenvalue weighted by atomic mass is 9.89. The summed E-state index contributed by atoms with van der Waals surface area (Å²) in [6.45, 7) is 3.82. The first kappa shape index (κ1) is 24.3. The highest BCUT2D eigenvalue weighted by Crippen LogP contribution is 2.40. The van der Waals surface area contributed by atoms with E-state index in [2.05, 4.69) is 94.4 Å². The van der Waals surface area contributed by atoms with Crippen LogP contribution < -0.4 is 0 Å². The zero-order valence-corrected chi connectivity index (χ0v) is 22.3. The molecule has 0 radical (unpaired) electrons. The summed E-state index contributed by atoms with van der Waals surface area (Å²) < 4.78 is 2.51. The molecule has 0 unspecified atom stereocenters.